The summed E-state index contributed by atoms with van der Waals surface area (Å²) in [6, 6.07) is 4.36. The van der Waals surface area contributed by atoms with Crippen LogP contribution < -0.4 is 5.32 Å². The molecule has 0 fully saturated rings. The number of hydrogen-bond donors (Lipinski definition) is 1. The van der Waals surface area contributed by atoms with Crippen LogP contribution >= 0.6 is 34.2 Å². The summed E-state index contributed by atoms with van der Waals surface area (Å²) in [5.74, 6) is 0. The van der Waals surface area contributed by atoms with Crippen molar-refractivity contribution in [3.8, 4) is 0 Å². The third-order valence-corrected chi connectivity index (χ3v) is 3.44. The number of anilines is 1. The molecule has 1 aromatic rings. The minimum Gasteiger partial charge on any atom is -0.384 e. The first-order chi connectivity index (χ1) is 6.18. The van der Waals surface area contributed by atoms with Crippen molar-refractivity contribution in [1.29, 1.82) is 0 Å². The van der Waals surface area contributed by atoms with Crippen molar-refractivity contribution in [2.45, 2.75) is 18.7 Å². The molecule has 1 nitrogen and oxygen atoms in total. The lowest BCUT2D eigenvalue weighted by Gasteiger charge is -2.24. The second kappa shape index (κ2) is 3.65. The van der Waals surface area contributed by atoms with Crippen molar-refractivity contribution >= 4 is 39.9 Å². The van der Waals surface area contributed by atoms with E-state index in [4.69, 9.17) is 11.6 Å². The molecule has 0 spiro atoms. The van der Waals surface area contributed by atoms with Gasteiger partial charge in [0.15, 0.2) is 0 Å². The van der Waals surface area contributed by atoms with Gasteiger partial charge in [-0.05, 0) is 59.2 Å². The highest BCUT2D eigenvalue weighted by atomic mass is 127. The van der Waals surface area contributed by atoms with E-state index in [0.29, 0.717) is 0 Å². The molecule has 0 aromatic heterocycles. The lowest BCUT2D eigenvalue weighted by Crippen LogP contribution is -2.15. The van der Waals surface area contributed by atoms with Gasteiger partial charge in [0, 0.05) is 15.8 Å². The fourth-order valence-corrected chi connectivity index (χ4v) is 2.82. The van der Waals surface area contributed by atoms with Gasteiger partial charge < -0.3 is 5.32 Å². The van der Waals surface area contributed by atoms with Gasteiger partial charge in [0.25, 0.3) is 0 Å². The van der Waals surface area contributed by atoms with E-state index in [1.54, 1.807) is 0 Å². The van der Waals surface area contributed by atoms with Crippen LogP contribution in [0.5, 0.6) is 0 Å². The third kappa shape index (κ3) is 1.79. The molecule has 1 atom stereocenters. The van der Waals surface area contributed by atoms with Crippen LogP contribution in [0.4, 0.5) is 5.69 Å². The summed E-state index contributed by atoms with van der Waals surface area (Å²) in [4.78, 5) is 0. The maximum absolute atomic E-state index is 6.25. The van der Waals surface area contributed by atoms with Crippen molar-refractivity contribution in [1.82, 2.24) is 0 Å². The molecule has 0 bridgehead atoms. The molecule has 1 N–H and O–H groups in total. The number of fused-ring (bicyclic) bond motifs is 1. The van der Waals surface area contributed by atoms with Gasteiger partial charge in [-0.3, -0.25) is 0 Å². The van der Waals surface area contributed by atoms with E-state index < -0.39 is 0 Å². The Morgan fingerprint density at radius 2 is 2.31 bits per heavy atom. The Kier molecular flexibility index (Phi) is 2.70. The normalized spacial score (nSPS) is 20.7. The maximum Gasteiger partial charge on any atom is 0.0622 e. The van der Waals surface area contributed by atoms with Gasteiger partial charge in [-0.2, -0.15) is 0 Å². The van der Waals surface area contributed by atoms with Crippen LogP contribution in [-0.2, 0) is 0 Å². The number of rotatable bonds is 0. The zero-order valence-electron chi connectivity index (χ0n) is 7.40. The average Bonchev–Trinajstić information content (AvgIpc) is 2.07. The monoisotopic (exact) mass is 307 g/mol. The molecule has 1 aliphatic heterocycles. The van der Waals surface area contributed by atoms with Crippen LogP contribution in [0.15, 0.2) is 12.1 Å². The van der Waals surface area contributed by atoms with Crippen LogP contribution in [0.3, 0.4) is 0 Å². The molecule has 0 saturated carbocycles. The summed E-state index contributed by atoms with van der Waals surface area (Å²) in [5.41, 5.74) is 3.80. The van der Waals surface area contributed by atoms with Gasteiger partial charge in [-0.1, -0.05) is 0 Å². The van der Waals surface area contributed by atoms with E-state index >= 15 is 0 Å². The number of aryl methyl sites for hydroxylation is 1. The van der Waals surface area contributed by atoms with E-state index in [-0.39, 0.29) is 5.38 Å². The highest BCUT2D eigenvalue weighted by Gasteiger charge is 2.19. The molecule has 0 saturated heterocycles. The predicted molar refractivity (Wildman–Crippen MR) is 65.6 cm³/mol. The van der Waals surface area contributed by atoms with Gasteiger partial charge in [0.05, 0.1) is 5.38 Å². The minimum atomic E-state index is 0.185. The molecule has 1 heterocycles. The van der Waals surface area contributed by atoms with E-state index in [0.717, 1.165) is 13.0 Å². The molecule has 1 aliphatic rings. The van der Waals surface area contributed by atoms with Crippen LogP contribution in [0.25, 0.3) is 0 Å². The molecule has 2 rings (SSSR count). The molecule has 3 heteroatoms. The van der Waals surface area contributed by atoms with Crippen LogP contribution in [0, 0.1) is 10.5 Å². The molecule has 1 unspecified atom stereocenters. The fourth-order valence-electron chi connectivity index (χ4n) is 1.74. The van der Waals surface area contributed by atoms with Crippen molar-refractivity contribution in [2.24, 2.45) is 0 Å². The van der Waals surface area contributed by atoms with Crippen molar-refractivity contribution < 1.29 is 0 Å². The van der Waals surface area contributed by atoms with Gasteiger partial charge in [0.1, 0.15) is 0 Å². The Morgan fingerprint density at radius 1 is 1.54 bits per heavy atom. The zero-order chi connectivity index (χ0) is 9.42. The third-order valence-electron chi connectivity index (χ3n) is 2.37. The number of alkyl halides is 1. The Morgan fingerprint density at radius 3 is 3.08 bits per heavy atom. The van der Waals surface area contributed by atoms with Gasteiger partial charge in [-0.25, -0.2) is 0 Å². The Balaban J connectivity index is 2.56. The first kappa shape index (κ1) is 9.59. The molecular formula is C10H11ClIN. The predicted octanol–water partition coefficient (Wildman–Crippen LogP) is 3.70. The summed E-state index contributed by atoms with van der Waals surface area (Å²) >= 11 is 8.58. The summed E-state index contributed by atoms with van der Waals surface area (Å²) in [6.45, 7) is 3.12. The molecular weight excluding hydrogens is 296 g/mol. The first-order valence-corrected chi connectivity index (χ1v) is 5.88. The number of benzene rings is 1. The van der Waals surface area contributed by atoms with Crippen LogP contribution in [-0.4, -0.2) is 6.54 Å². The highest BCUT2D eigenvalue weighted by molar-refractivity contribution is 14.1. The van der Waals surface area contributed by atoms with Gasteiger partial charge in [-0.15, -0.1) is 11.6 Å². The topological polar surface area (TPSA) is 12.0 Å². The molecule has 0 amide bonds. The average molecular weight is 308 g/mol. The Hall–Kier alpha value is 0.0400. The van der Waals surface area contributed by atoms with Crippen LogP contribution in [0.1, 0.15) is 22.9 Å². The summed E-state index contributed by atoms with van der Waals surface area (Å²) in [6.07, 6.45) is 1.02. The molecule has 13 heavy (non-hydrogen) atoms. The van der Waals surface area contributed by atoms with Gasteiger partial charge >= 0.3 is 0 Å². The lowest BCUT2D eigenvalue weighted by molar-refractivity contribution is 0.798. The number of nitrogens with one attached hydrogen (secondary N) is 1. The first-order valence-electron chi connectivity index (χ1n) is 4.36. The number of hydrogen-bond acceptors (Lipinski definition) is 1. The van der Waals surface area contributed by atoms with Crippen molar-refractivity contribution in [2.75, 3.05) is 11.9 Å². The second-order valence-corrected chi connectivity index (χ2v) is 5.14. The Labute approximate surface area is 97.0 Å². The maximum atomic E-state index is 6.25. The van der Waals surface area contributed by atoms with Crippen molar-refractivity contribution in [3.63, 3.8) is 0 Å². The summed E-state index contributed by atoms with van der Waals surface area (Å²) < 4.78 is 1.27. The fraction of sp³-hybridized carbons (Fsp3) is 0.400. The lowest BCUT2D eigenvalue weighted by atomic mass is 10.00. The summed E-state index contributed by atoms with van der Waals surface area (Å²) in [5, 5.41) is 3.59. The molecule has 70 valence electrons. The molecule has 0 aliphatic carbocycles. The number of halogens is 2. The van der Waals surface area contributed by atoms with E-state index in [9.17, 15) is 0 Å². The highest BCUT2D eigenvalue weighted by Crippen LogP contribution is 2.37. The smallest absolute Gasteiger partial charge is 0.0622 e. The standard InChI is InChI=1S/C10H11ClIN/c1-6-4-7(12)5-8-9(11)2-3-13-10(6)8/h4-5,9,13H,2-3H2,1H3. The molecule has 1 aromatic carbocycles. The SMILES string of the molecule is Cc1cc(I)cc2c1NCCC2Cl. The minimum absolute atomic E-state index is 0.185. The summed E-state index contributed by atoms with van der Waals surface area (Å²) in [7, 11) is 0. The van der Waals surface area contributed by atoms with E-state index in [2.05, 4.69) is 47.0 Å². The van der Waals surface area contributed by atoms with E-state index in [1.165, 1.54) is 20.4 Å². The van der Waals surface area contributed by atoms with Gasteiger partial charge in [0.2, 0.25) is 0 Å². The van der Waals surface area contributed by atoms with Crippen LogP contribution in [0.2, 0.25) is 0 Å². The molecule has 0 radical (unpaired) electrons. The van der Waals surface area contributed by atoms with E-state index in [1.807, 2.05) is 0 Å². The quantitative estimate of drug-likeness (QED) is 0.569. The second-order valence-electron chi connectivity index (χ2n) is 3.37. The zero-order valence-corrected chi connectivity index (χ0v) is 10.3. The van der Waals surface area contributed by atoms with Crippen molar-refractivity contribution in [3.05, 3.63) is 26.8 Å². The Bertz CT molecular complexity index is 338. The largest absolute Gasteiger partial charge is 0.384 e.